The number of hydrogen-bond donors (Lipinski definition) is 0. The molecule has 2 nitrogen and oxygen atoms in total. The number of nitrogens with zero attached hydrogens (tertiary/aromatic N) is 1. The van der Waals surface area contributed by atoms with Crippen LogP contribution in [0.1, 0.15) is 26.2 Å². The number of rotatable bonds is 2. The van der Waals surface area contributed by atoms with E-state index in [0.29, 0.717) is 0 Å². The molecule has 0 spiro atoms. The zero-order valence-electron chi connectivity index (χ0n) is 6.34. The molecule has 0 amide bonds. The van der Waals surface area contributed by atoms with Crippen LogP contribution < -0.4 is 0 Å². The fraction of sp³-hybridized carbons (Fsp3) is 0.875. The molecule has 0 radical (unpaired) electrons. The quantitative estimate of drug-likeness (QED) is 0.583. The monoisotopic (exact) mass is 139 g/mol. The van der Waals surface area contributed by atoms with E-state index < -0.39 is 0 Å². The van der Waals surface area contributed by atoms with Gasteiger partial charge in [-0.25, -0.2) is 0 Å². The van der Waals surface area contributed by atoms with Crippen LogP contribution >= 0.6 is 0 Å². The summed E-state index contributed by atoms with van der Waals surface area (Å²) < 4.78 is 5.37. The second-order valence-electron chi connectivity index (χ2n) is 2.72. The van der Waals surface area contributed by atoms with Crippen LogP contribution in [-0.4, -0.2) is 12.7 Å². The van der Waals surface area contributed by atoms with Crippen molar-refractivity contribution in [2.45, 2.75) is 32.3 Å². The molecule has 56 valence electrons. The molecule has 0 aromatic rings. The molecular formula is C8H13NO. The summed E-state index contributed by atoms with van der Waals surface area (Å²) in [5.41, 5.74) is 0. The lowest BCUT2D eigenvalue weighted by atomic mass is 10.0. The summed E-state index contributed by atoms with van der Waals surface area (Å²) in [6.45, 7) is 2.90. The lowest BCUT2D eigenvalue weighted by molar-refractivity contribution is 0.0925. The van der Waals surface area contributed by atoms with Crippen molar-refractivity contribution in [1.82, 2.24) is 0 Å². The fourth-order valence-electron chi connectivity index (χ4n) is 1.37. The average Bonchev–Trinajstić information content (AvgIpc) is 2.36. The second kappa shape index (κ2) is 3.58. The smallest absolute Gasteiger partial charge is 0.0747 e. The Morgan fingerprint density at radius 1 is 1.70 bits per heavy atom. The van der Waals surface area contributed by atoms with Gasteiger partial charge in [0.15, 0.2) is 0 Å². The second-order valence-corrected chi connectivity index (χ2v) is 2.72. The van der Waals surface area contributed by atoms with Gasteiger partial charge in [0, 0.05) is 6.61 Å². The van der Waals surface area contributed by atoms with E-state index >= 15 is 0 Å². The highest BCUT2D eigenvalue weighted by Crippen LogP contribution is 2.23. The van der Waals surface area contributed by atoms with Crippen LogP contribution in [0, 0.1) is 17.2 Å². The van der Waals surface area contributed by atoms with Crippen LogP contribution in [0.2, 0.25) is 0 Å². The van der Waals surface area contributed by atoms with Crippen molar-refractivity contribution in [3.05, 3.63) is 0 Å². The number of ether oxygens (including phenoxy) is 1. The molecule has 1 fully saturated rings. The Morgan fingerprint density at radius 2 is 2.50 bits per heavy atom. The summed E-state index contributed by atoms with van der Waals surface area (Å²) in [6.07, 6.45) is 3.32. The molecule has 0 aliphatic carbocycles. The fourth-order valence-corrected chi connectivity index (χ4v) is 1.37. The van der Waals surface area contributed by atoms with Crippen molar-refractivity contribution < 1.29 is 4.74 Å². The first-order valence-corrected chi connectivity index (χ1v) is 3.89. The summed E-state index contributed by atoms with van der Waals surface area (Å²) in [5, 5.41) is 8.63. The van der Waals surface area contributed by atoms with Gasteiger partial charge in [-0.2, -0.15) is 5.26 Å². The van der Waals surface area contributed by atoms with E-state index in [-0.39, 0.29) is 12.0 Å². The number of nitriles is 1. The Bertz CT molecular complexity index is 139. The minimum atomic E-state index is 0.167. The first kappa shape index (κ1) is 7.56. The van der Waals surface area contributed by atoms with Gasteiger partial charge >= 0.3 is 0 Å². The third kappa shape index (κ3) is 1.48. The van der Waals surface area contributed by atoms with Gasteiger partial charge in [-0.05, 0) is 12.8 Å². The Balaban J connectivity index is 2.36. The molecule has 0 aromatic carbocycles. The highest BCUT2D eigenvalue weighted by Gasteiger charge is 2.26. The molecule has 2 unspecified atom stereocenters. The Kier molecular flexibility index (Phi) is 2.70. The van der Waals surface area contributed by atoms with Crippen molar-refractivity contribution >= 4 is 0 Å². The summed E-state index contributed by atoms with van der Waals surface area (Å²) >= 11 is 0. The van der Waals surface area contributed by atoms with Crippen LogP contribution in [0.4, 0.5) is 0 Å². The summed E-state index contributed by atoms with van der Waals surface area (Å²) in [4.78, 5) is 0. The Labute approximate surface area is 61.8 Å². The van der Waals surface area contributed by atoms with Gasteiger partial charge in [0.1, 0.15) is 0 Å². The molecule has 10 heavy (non-hydrogen) atoms. The van der Waals surface area contributed by atoms with E-state index in [1.54, 1.807) is 0 Å². The van der Waals surface area contributed by atoms with Crippen LogP contribution in [-0.2, 0) is 4.74 Å². The zero-order valence-corrected chi connectivity index (χ0v) is 6.34. The minimum absolute atomic E-state index is 0.167. The normalized spacial score (nSPS) is 32.0. The Hall–Kier alpha value is -0.550. The average molecular weight is 139 g/mol. The summed E-state index contributed by atoms with van der Waals surface area (Å²) in [7, 11) is 0. The van der Waals surface area contributed by atoms with Crippen molar-refractivity contribution in [2.75, 3.05) is 6.61 Å². The van der Waals surface area contributed by atoms with E-state index in [0.717, 1.165) is 25.9 Å². The van der Waals surface area contributed by atoms with Gasteiger partial charge in [0.2, 0.25) is 0 Å². The van der Waals surface area contributed by atoms with Gasteiger partial charge < -0.3 is 4.74 Å². The molecule has 0 N–H and O–H groups in total. The molecule has 0 bridgehead atoms. The predicted octanol–water partition coefficient (Wildman–Crippen LogP) is 1.72. The molecule has 1 rings (SSSR count). The summed E-state index contributed by atoms with van der Waals surface area (Å²) in [5.74, 6) is 0.167. The van der Waals surface area contributed by atoms with Crippen LogP contribution in [0.5, 0.6) is 0 Å². The highest BCUT2D eigenvalue weighted by molar-refractivity contribution is 4.91. The molecular weight excluding hydrogens is 126 g/mol. The van der Waals surface area contributed by atoms with Gasteiger partial charge in [-0.15, -0.1) is 0 Å². The topological polar surface area (TPSA) is 33.0 Å². The molecule has 0 saturated carbocycles. The van der Waals surface area contributed by atoms with E-state index in [2.05, 4.69) is 13.0 Å². The molecule has 0 aromatic heterocycles. The van der Waals surface area contributed by atoms with Crippen molar-refractivity contribution in [2.24, 2.45) is 5.92 Å². The molecule has 1 heterocycles. The Morgan fingerprint density at radius 3 is 3.10 bits per heavy atom. The van der Waals surface area contributed by atoms with E-state index in [4.69, 9.17) is 10.00 Å². The molecule has 2 atom stereocenters. The van der Waals surface area contributed by atoms with Crippen molar-refractivity contribution in [3.8, 4) is 6.07 Å². The van der Waals surface area contributed by atoms with E-state index in [1.807, 2.05) is 0 Å². The maximum Gasteiger partial charge on any atom is 0.0747 e. The lowest BCUT2D eigenvalue weighted by Crippen LogP contribution is -2.13. The van der Waals surface area contributed by atoms with Crippen LogP contribution in [0.3, 0.4) is 0 Å². The van der Waals surface area contributed by atoms with Gasteiger partial charge in [-0.3, -0.25) is 0 Å². The third-order valence-electron chi connectivity index (χ3n) is 1.95. The SMILES string of the molecule is CCCC1OCCC1C#N. The molecule has 1 aliphatic rings. The van der Waals surface area contributed by atoms with Crippen molar-refractivity contribution in [1.29, 1.82) is 5.26 Å². The van der Waals surface area contributed by atoms with Crippen LogP contribution in [0.25, 0.3) is 0 Å². The van der Waals surface area contributed by atoms with E-state index in [9.17, 15) is 0 Å². The maximum absolute atomic E-state index is 8.63. The van der Waals surface area contributed by atoms with Crippen molar-refractivity contribution in [3.63, 3.8) is 0 Å². The third-order valence-corrected chi connectivity index (χ3v) is 1.95. The van der Waals surface area contributed by atoms with Gasteiger partial charge in [0.25, 0.3) is 0 Å². The first-order chi connectivity index (χ1) is 4.88. The molecule has 1 saturated heterocycles. The zero-order chi connectivity index (χ0) is 7.40. The first-order valence-electron chi connectivity index (χ1n) is 3.89. The largest absolute Gasteiger partial charge is 0.377 e. The highest BCUT2D eigenvalue weighted by atomic mass is 16.5. The van der Waals surface area contributed by atoms with Gasteiger partial charge in [0.05, 0.1) is 18.1 Å². The molecule has 1 aliphatic heterocycles. The standard InChI is InChI=1S/C8H13NO/c1-2-3-8-7(6-9)4-5-10-8/h7-8H,2-5H2,1H3. The lowest BCUT2D eigenvalue weighted by Gasteiger charge is -2.09. The number of hydrogen-bond acceptors (Lipinski definition) is 2. The van der Waals surface area contributed by atoms with Crippen LogP contribution in [0.15, 0.2) is 0 Å². The summed E-state index contributed by atoms with van der Waals surface area (Å²) in [6, 6.07) is 2.27. The maximum atomic E-state index is 8.63. The van der Waals surface area contributed by atoms with E-state index in [1.165, 1.54) is 0 Å². The molecule has 2 heteroatoms. The van der Waals surface area contributed by atoms with Gasteiger partial charge in [-0.1, -0.05) is 13.3 Å². The minimum Gasteiger partial charge on any atom is -0.377 e. The predicted molar refractivity (Wildman–Crippen MR) is 38.4 cm³/mol.